The lowest BCUT2D eigenvalue weighted by Crippen LogP contribution is -2.47. The van der Waals surface area contributed by atoms with Crippen molar-refractivity contribution in [1.29, 1.82) is 0 Å². The van der Waals surface area contributed by atoms with Crippen molar-refractivity contribution in [1.82, 2.24) is 4.90 Å². The minimum absolute atomic E-state index is 0. The zero-order valence-electron chi connectivity index (χ0n) is 11.4. The number of nitrogens with zero attached hydrogens (tertiary/aromatic N) is 1. The molecule has 1 aromatic carbocycles. The van der Waals surface area contributed by atoms with E-state index in [9.17, 15) is 15.0 Å². The maximum atomic E-state index is 11.6. The summed E-state index contributed by atoms with van der Waals surface area (Å²) in [5.74, 6) is -0.855. The van der Waals surface area contributed by atoms with Gasteiger partial charge in [0.25, 0.3) is 0 Å². The van der Waals surface area contributed by atoms with Crippen molar-refractivity contribution < 1.29 is 15.0 Å². The van der Waals surface area contributed by atoms with Crippen molar-refractivity contribution >= 4 is 18.4 Å². The average molecular weight is 298 g/mol. The largest absolute Gasteiger partial charge is 0.508 e. The maximum absolute atomic E-state index is 11.6. The molecule has 110 valence electrons. The average Bonchev–Trinajstić information content (AvgIpc) is 2.62. The molecule has 2 aliphatic rings. The number of hydrogen-bond donors (Lipinski definition) is 2. The van der Waals surface area contributed by atoms with Crippen LogP contribution in [-0.2, 0) is 4.79 Å². The molecule has 4 atom stereocenters. The number of fused-ring (bicyclic) bond motifs is 2. The Morgan fingerprint density at radius 1 is 1.35 bits per heavy atom. The number of likely N-dealkylation sites (N-methyl/N-ethyl adjacent to an activating group) is 1. The summed E-state index contributed by atoms with van der Waals surface area (Å²) in [6.07, 6.45) is 2.84. The molecule has 2 aliphatic heterocycles. The molecule has 0 aromatic heterocycles. The van der Waals surface area contributed by atoms with Gasteiger partial charge < -0.3 is 10.2 Å². The minimum Gasteiger partial charge on any atom is -0.508 e. The second-order valence-electron chi connectivity index (χ2n) is 5.77. The van der Waals surface area contributed by atoms with Gasteiger partial charge in [0.15, 0.2) is 0 Å². The third-order valence-corrected chi connectivity index (χ3v) is 4.84. The Morgan fingerprint density at radius 3 is 2.75 bits per heavy atom. The molecule has 2 bridgehead atoms. The van der Waals surface area contributed by atoms with Crippen molar-refractivity contribution in [3.63, 3.8) is 0 Å². The number of piperidine rings is 1. The highest BCUT2D eigenvalue weighted by atomic mass is 35.5. The zero-order chi connectivity index (χ0) is 13.6. The molecular formula is C15H20ClNO3. The van der Waals surface area contributed by atoms with Gasteiger partial charge in [-0.3, -0.25) is 9.69 Å². The van der Waals surface area contributed by atoms with Gasteiger partial charge in [0.1, 0.15) is 5.75 Å². The monoisotopic (exact) mass is 297 g/mol. The van der Waals surface area contributed by atoms with Crippen molar-refractivity contribution in [2.75, 3.05) is 7.05 Å². The van der Waals surface area contributed by atoms with E-state index >= 15 is 0 Å². The van der Waals surface area contributed by atoms with Crippen LogP contribution in [0.1, 0.15) is 30.7 Å². The second kappa shape index (κ2) is 5.62. The first-order valence-electron chi connectivity index (χ1n) is 6.81. The molecule has 5 heteroatoms. The molecule has 0 saturated carbocycles. The third-order valence-electron chi connectivity index (χ3n) is 4.84. The van der Waals surface area contributed by atoms with E-state index in [1.807, 2.05) is 6.07 Å². The Balaban J connectivity index is 0.00000147. The van der Waals surface area contributed by atoms with Crippen molar-refractivity contribution in [2.45, 2.75) is 37.3 Å². The lowest BCUT2D eigenvalue weighted by atomic mass is 9.76. The highest BCUT2D eigenvalue weighted by Crippen LogP contribution is 2.47. The Kier molecular flexibility index (Phi) is 4.25. The smallest absolute Gasteiger partial charge is 0.307 e. The molecule has 20 heavy (non-hydrogen) atoms. The lowest BCUT2D eigenvalue weighted by Gasteiger charge is -2.41. The molecule has 0 spiro atoms. The topological polar surface area (TPSA) is 60.8 Å². The van der Waals surface area contributed by atoms with E-state index in [-0.39, 0.29) is 36.0 Å². The Hall–Kier alpha value is -1.26. The number of hydrogen-bond acceptors (Lipinski definition) is 3. The van der Waals surface area contributed by atoms with Crippen LogP contribution in [0.2, 0.25) is 0 Å². The Labute approximate surface area is 124 Å². The van der Waals surface area contributed by atoms with Gasteiger partial charge in [-0.05, 0) is 44.0 Å². The van der Waals surface area contributed by atoms with Crippen LogP contribution < -0.4 is 0 Å². The number of aromatic hydroxyl groups is 1. The van der Waals surface area contributed by atoms with E-state index in [4.69, 9.17) is 0 Å². The molecule has 0 radical (unpaired) electrons. The number of carbonyl (C=O) groups is 1. The molecule has 2 fully saturated rings. The highest BCUT2D eigenvalue weighted by molar-refractivity contribution is 5.85. The lowest BCUT2D eigenvalue weighted by molar-refractivity contribution is -0.145. The molecule has 2 heterocycles. The van der Waals surface area contributed by atoms with Gasteiger partial charge in [0, 0.05) is 18.0 Å². The van der Waals surface area contributed by atoms with E-state index in [0.717, 1.165) is 18.4 Å². The molecule has 0 aliphatic carbocycles. The molecule has 1 aromatic rings. The van der Waals surface area contributed by atoms with E-state index in [1.165, 1.54) is 0 Å². The first-order chi connectivity index (χ1) is 9.08. The number of carboxylic acids is 1. The summed E-state index contributed by atoms with van der Waals surface area (Å²) in [6, 6.07) is 7.76. The number of carboxylic acid groups (broad SMARTS) is 1. The van der Waals surface area contributed by atoms with Gasteiger partial charge in [0.05, 0.1) is 5.92 Å². The summed E-state index contributed by atoms with van der Waals surface area (Å²) >= 11 is 0. The van der Waals surface area contributed by atoms with Crippen molar-refractivity contribution in [3.8, 4) is 5.75 Å². The minimum atomic E-state index is -0.710. The predicted octanol–water partition coefficient (Wildman–Crippen LogP) is 2.46. The van der Waals surface area contributed by atoms with Crippen LogP contribution in [0.15, 0.2) is 24.3 Å². The fourth-order valence-corrected chi connectivity index (χ4v) is 3.91. The number of phenols is 1. The van der Waals surface area contributed by atoms with Crippen LogP contribution in [0.5, 0.6) is 5.75 Å². The summed E-state index contributed by atoms with van der Waals surface area (Å²) in [5.41, 5.74) is 0.949. The van der Waals surface area contributed by atoms with Crippen LogP contribution in [0.3, 0.4) is 0 Å². The zero-order valence-corrected chi connectivity index (χ0v) is 12.2. The first-order valence-corrected chi connectivity index (χ1v) is 6.81. The van der Waals surface area contributed by atoms with Gasteiger partial charge in [-0.1, -0.05) is 12.1 Å². The Morgan fingerprint density at radius 2 is 2.10 bits per heavy atom. The molecule has 2 N–H and O–H groups in total. The maximum Gasteiger partial charge on any atom is 0.307 e. The fourth-order valence-electron chi connectivity index (χ4n) is 3.91. The van der Waals surface area contributed by atoms with Crippen LogP contribution in [0.4, 0.5) is 0 Å². The summed E-state index contributed by atoms with van der Waals surface area (Å²) in [7, 11) is 2.09. The van der Waals surface area contributed by atoms with Crippen LogP contribution in [0, 0.1) is 5.92 Å². The predicted molar refractivity (Wildman–Crippen MR) is 78.4 cm³/mol. The normalized spacial score (nSPS) is 32.6. The quantitative estimate of drug-likeness (QED) is 0.880. The van der Waals surface area contributed by atoms with Gasteiger partial charge in [-0.25, -0.2) is 0 Å². The van der Waals surface area contributed by atoms with E-state index in [2.05, 4.69) is 11.9 Å². The molecule has 2 saturated heterocycles. The molecule has 4 unspecified atom stereocenters. The van der Waals surface area contributed by atoms with Crippen molar-refractivity contribution in [3.05, 3.63) is 29.8 Å². The summed E-state index contributed by atoms with van der Waals surface area (Å²) < 4.78 is 0. The van der Waals surface area contributed by atoms with Gasteiger partial charge in [-0.15, -0.1) is 12.4 Å². The molecule has 4 nitrogen and oxygen atoms in total. The van der Waals surface area contributed by atoms with Crippen molar-refractivity contribution in [2.24, 2.45) is 5.92 Å². The number of rotatable bonds is 2. The first kappa shape index (κ1) is 15.1. The van der Waals surface area contributed by atoms with E-state index in [1.54, 1.807) is 18.2 Å². The number of halogens is 1. The van der Waals surface area contributed by atoms with E-state index in [0.29, 0.717) is 12.5 Å². The summed E-state index contributed by atoms with van der Waals surface area (Å²) in [4.78, 5) is 13.9. The summed E-state index contributed by atoms with van der Waals surface area (Å²) in [6.45, 7) is 0. The SMILES string of the molecule is CN1C2CCC1C(c1cccc(O)c1)C(C(=O)O)C2.Cl. The number of phenolic OH excluding ortho intramolecular Hbond substituents is 1. The van der Waals surface area contributed by atoms with Crippen LogP contribution in [0.25, 0.3) is 0 Å². The van der Waals surface area contributed by atoms with Gasteiger partial charge in [-0.2, -0.15) is 0 Å². The van der Waals surface area contributed by atoms with Gasteiger partial charge in [0.2, 0.25) is 0 Å². The molecule has 3 rings (SSSR count). The number of benzene rings is 1. The second-order valence-corrected chi connectivity index (χ2v) is 5.77. The van der Waals surface area contributed by atoms with Gasteiger partial charge >= 0.3 is 5.97 Å². The highest BCUT2D eigenvalue weighted by Gasteiger charge is 2.48. The Bertz CT molecular complexity index is 508. The molecular weight excluding hydrogens is 278 g/mol. The van der Waals surface area contributed by atoms with E-state index < -0.39 is 5.97 Å². The fraction of sp³-hybridized carbons (Fsp3) is 0.533. The van der Waals surface area contributed by atoms with Crippen LogP contribution >= 0.6 is 12.4 Å². The molecule has 0 amide bonds. The van der Waals surface area contributed by atoms with Crippen LogP contribution in [-0.4, -0.2) is 40.2 Å². The summed E-state index contributed by atoms with van der Waals surface area (Å²) in [5, 5.41) is 19.2. The third kappa shape index (κ3) is 2.38. The number of aliphatic carboxylic acids is 1. The standard InChI is InChI=1S/C15H19NO3.ClH/c1-16-10-5-6-13(16)14(12(8-10)15(18)19)9-3-2-4-11(17)7-9;/h2-4,7,10,12-14,17H,5-6,8H2,1H3,(H,18,19);1H.